The summed E-state index contributed by atoms with van der Waals surface area (Å²) in [5.41, 5.74) is -0.0742. The highest BCUT2D eigenvalue weighted by Gasteiger charge is 2.15. The van der Waals surface area contributed by atoms with Crippen LogP contribution in [0.3, 0.4) is 0 Å². The Morgan fingerprint density at radius 2 is 2.16 bits per heavy atom. The molecule has 0 saturated carbocycles. The van der Waals surface area contributed by atoms with E-state index in [-0.39, 0.29) is 10.7 Å². The van der Waals surface area contributed by atoms with Gasteiger partial charge in [0.2, 0.25) is 5.82 Å². The molecule has 0 aliphatic heterocycles. The van der Waals surface area contributed by atoms with Crippen molar-refractivity contribution >= 4 is 34.9 Å². The first kappa shape index (κ1) is 16.0. The molecule has 0 atom stereocenters. The van der Waals surface area contributed by atoms with Gasteiger partial charge < -0.3 is 5.32 Å². The summed E-state index contributed by atoms with van der Waals surface area (Å²) in [5.74, 6) is 1.48. The van der Waals surface area contributed by atoms with Gasteiger partial charge in [0.05, 0.1) is 9.95 Å². The largest absolute Gasteiger partial charge is 0.364 e. The van der Waals surface area contributed by atoms with E-state index in [2.05, 4.69) is 16.6 Å². The molecule has 5 nitrogen and oxygen atoms in total. The Balaban J connectivity index is 2.35. The van der Waals surface area contributed by atoms with E-state index < -0.39 is 4.92 Å². The molecule has 0 aliphatic carbocycles. The summed E-state index contributed by atoms with van der Waals surface area (Å²) in [6.07, 6.45) is 8.03. The van der Waals surface area contributed by atoms with Gasteiger partial charge in [0.15, 0.2) is 0 Å². The predicted octanol–water partition coefficient (Wildman–Crippen LogP) is 3.98. The molecule has 0 aliphatic rings. The minimum atomic E-state index is -0.473. The maximum absolute atomic E-state index is 10.8. The molecule has 1 aromatic rings. The molecule has 0 aromatic carbocycles. The van der Waals surface area contributed by atoms with E-state index in [1.165, 1.54) is 30.9 Å². The van der Waals surface area contributed by atoms with Crippen LogP contribution < -0.4 is 5.32 Å². The Morgan fingerprint density at radius 1 is 1.42 bits per heavy atom. The number of anilines is 1. The van der Waals surface area contributed by atoms with Crippen LogP contribution in [0.2, 0.25) is 5.02 Å². The Morgan fingerprint density at radius 3 is 2.84 bits per heavy atom. The lowest BCUT2D eigenvalue weighted by Gasteiger charge is -2.06. The molecule has 1 N–H and O–H groups in total. The second-order valence-electron chi connectivity index (χ2n) is 4.11. The molecular formula is C12H18ClN3O2S. The molecule has 0 saturated heterocycles. The number of nitro groups is 1. The number of nitrogens with one attached hydrogen (secondary N) is 1. The Labute approximate surface area is 122 Å². The Hall–Kier alpha value is -1.01. The van der Waals surface area contributed by atoms with E-state index in [1.54, 1.807) is 0 Å². The van der Waals surface area contributed by atoms with Crippen molar-refractivity contribution in [3.05, 3.63) is 27.4 Å². The normalized spacial score (nSPS) is 10.4. The van der Waals surface area contributed by atoms with Gasteiger partial charge in [0, 0.05) is 18.8 Å². The maximum Gasteiger partial charge on any atom is 0.312 e. The first-order valence-electron chi connectivity index (χ1n) is 6.18. The van der Waals surface area contributed by atoms with Crippen molar-refractivity contribution in [2.45, 2.75) is 25.7 Å². The van der Waals surface area contributed by atoms with Gasteiger partial charge in [-0.1, -0.05) is 24.4 Å². The molecule has 0 spiro atoms. The zero-order valence-corrected chi connectivity index (χ0v) is 12.5. The van der Waals surface area contributed by atoms with E-state index in [0.717, 1.165) is 12.8 Å². The van der Waals surface area contributed by atoms with Crippen molar-refractivity contribution < 1.29 is 4.92 Å². The van der Waals surface area contributed by atoms with Crippen molar-refractivity contribution in [1.29, 1.82) is 0 Å². The highest BCUT2D eigenvalue weighted by molar-refractivity contribution is 7.98. The van der Waals surface area contributed by atoms with Gasteiger partial charge >= 0.3 is 5.69 Å². The third kappa shape index (κ3) is 6.11. The highest BCUT2D eigenvalue weighted by atomic mass is 35.5. The molecular weight excluding hydrogens is 286 g/mol. The van der Waals surface area contributed by atoms with E-state index in [4.69, 9.17) is 11.6 Å². The van der Waals surface area contributed by atoms with Gasteiger partial charge in [0.1, 0.15) is 0 Å². The minimum Gasteiger partial charge on any atom is -0.364 e. The molecule has 7 heteroatoms. The zero-order chi connectivity index (χ0) is 14.1. The standard InChI is InChI=1S/C12H18ClN3O2S/c1-19-7-5-3-2-4-6-14-12-11(16(17)18)8-10(13)9-15-12/h8-9H,2-7H2,1H3,(H,14,15). The SMILES string of the molecule is CSCCCCCCNc1ncc(Cl)cc1[N+](=O)[O-]. The van der Waals surface area contributed by atoms with E-state index in [9.17, 15) is 10.1 Å². The number of thioether (sulfide) groups is 1. The molecule has 0 fully saturated rings. The smallest absolute Gasteiger partial charge is 0.312 e. The predicted molar refractivity (Wildman–Crippen MR) is 81.2 cm³/mol. The lowest BCUT2D eigenvalue weighted by Crippen LogP contribution is -2.06. The molecule has 0 unspecified atom stereocenters. The molecule has 106 valence electrons. The van der Waals surface area contributed by atoms with Crippen LogP contribution in [-0.2, 0) is 0 Å². The van der Waals surface area contributed by atoms with Crippen LogP contribution in [0.4, 0.5) is 11.5 Å². The fourth-order valence-corrected chi connectivity index (χ4v) is 2.28. The van der Waals surface area contributed by atoms with Crippen LogP contribution in [-0.4, -0.2) is 28.5 Å². The fraction of sp³-hybridized carbons (Fsp3) is 0.583. The fourth-order valence-electron chi connectivity index (χ4n) is 1.64. The molecule has 19 heavy (non-hydrogen) atoms. The van der Waals surface area contributed by atoms with Gasteiger partial charge in [-0.3, -0.25) is 10.1 Å². The first-order valence-corrected chi connectivity index (χ1v) is 7.95. The van der Waals surface area contributed by atoms with E-state index >= 15 is 0 Å². The van der Waals surface area contributed by atoms with Crippen LogP contribution >= 0.6 is 23.4 Å². The van der Waals surface area contributed by atoms with Crippen LogP contribution in [0.5, 0.6) is 0 Å². The molecule has 1 rings (SSSR count). The number of rotatable bonds is 9. The summed E-state index contributed by atoms with van der Waals surface area (Å²) in [7, 11) is 0. The molecule has 0 amide bonds. The lowest BCUT2D eigenvalue weighted by molar-refractivity contribution is -0.384. The number of hydrogen-bond acceptors (Lipinski definition) is 5. The minimum absolute atomic E-state index is 0.0742. The van der Waals surface area contributed by atoms with Gasteiger partial charge in [-0.15, -0.1) is 0 Å². The Bertz CT molecular complexity index is 418. The topological polar surface area (TPSA) is 68.1 Å². The number of hydrogen-bond donors (Lipinski definition) is 1. The van der Waals surface area contributed by atoms with Crippen LogP contribution in [0.1, 0.15) is 25.7 Å². The number of halogens is 1. The summed E-state index contributed by atoms with van der Waals surface area (Å²) >= 11 is 7.55. The van der Waals surface area contributed by atoms with Crippen molar-refractivity contribution in [2.24, 2.45) is 0 Å². The van der Waals surface area contributed by atoms with Crippen LogP contribution in [0, 0.1) is 10.1 Å². The number of pyridine rings is 1. The van der Waals surface area contributed by atoms with Gasteiger partial charge in [-0.05, 0) is 24.9 Å². The highest BCUT2D eigenvalue weighted by Crippen LogP contribution is 2.24. The molecule has 1 aromatic heterocycles. The van der Waals surface area contributed by atoms with Crippen LogP contribution in [0.15, 0.2) is 12.3 Å². The summed E-state index contributed by atoms with van der Waals surface area (Å²) in [4.78, 5) is 14.3. The number of aromatic nitrogens is 1. The van der Waals surface area contributed by atoms with E-state index in [1.807, 2.05) is 11.8 Å². The summed E-state index contributed by atoms with van der Waals surface area (Å²) < 4.78 is 0. The molecule has 0 bridgehead atoms. The number of unbranched alkanes of at least 4 members (excludes halogenated alkanes) is 3. The average molecular weight is 304 g/mol. The third-order valence-electron chi connectivity index (χ3n) is 2.60. The van der Waals surface area contributed by atoms with Gasteiger partial charge in [-0.2, -0.15) is 11.8 Å². The quantitative estimate of drug-likeness (QED) is 0.424. The summed E-state index contributed by atoms with van der Waals surface area (Å²) in [6.45, 7) is 0.689. The van der Waals surface area contributed by atoms with Crippen molar-refractivity contribution in [2.75, 3.05) is 23.9 Å². The second kappa shape index (κ2) is 8.98. The number of nitrogens with zero attached hydrogens (tertiary/aromatic N) is 2. The lowest BCUT2D eigenvalue weighted by atomic mass is 10.2. The zero-order valence-electron chi connectivity index (χ0n) is 10.9. The average Bonchev–Trinajstić information content (AvgIpc) is 2.39. The Kier molecular flexibility index (Phi) is 7.59. The van der Waals surface area contributed by atoms with Crippen LogP contribution in [0.25, 0.3) is 0 Å². The maximum atomic E-state index is 10.8. The van der Waals surface area contributed by atoms with E-state index in [0.29, 0.717) is 12.4 Å². The van der Waals surface area contributed by atoms with Crippen molar-refractivity contribution in [3.8, 4) is 0 Å². The van der Waals surface area contributed by atoms with Crippen molar-refractivity contribution in [3.63, 3.8) is 0 Å². The first-order chi connectivity index (χ1) is 9.15. The molecule has 1 heterocycles. The van der Waals surface area contributed by atoms with Gasteiger partial charge in [0.25, 0.3) is 0 Å². The third-order valence-corrected chi connectivity index (χ3v) is 3.50. The van der Waals surface area contributed by atoms with Crippen molar-refractivity contribution in [1.82, 2.24) is 4.98 Å². The van der Waals surface area contributed by atoms with Gasteiger partial charge in [-0.25, -0.2) is 4.98 Å². The molecule has 0 radical (unpaired) electrons. The monoisotopic (exact) mass is 303 g/mol. The second-order valence-corrected chi connectivity index (χ2v) is 5.53. The summed E-state index contributed by atoms with van der Waals surface area (Å²) in [6, 6.07) is 1.31. The summed E-state index contributed by atoms with van der Waals surface area (Å²) in [5, 5.41) is 14.1.